The van der Waals surface area contributed by atoms with Crippen LogP contribution in [0.4, 0.5) is 28.9 Å². The van der Waals surface area contributed by atoms with Crippen LogP contribution >= 0.6 is 22.9 Å². The molecule has 1 spiro atoms. The van der Waals surface area contributed by atoms with Crippen molar-refractivity contribution in [1.82, 2.24) is 39.5 Å². The van der Waals surface area contributed by atoms with E-state index in [-0.39, 0.29) is 55.7 Å². The summed E-state index contributed by atoms with van der Waals surface area (Å²) in [5.74, 6) is -0.919. The third-order valence-electron chi connectivity index (χ3n) is 10.2. The van der Waals surface area contributed by atoms with E-state index in [0.717, 1.165) is 35.4 Å². The maximum Gasteiger partial charge on any atom is 0.346 e. The molecule has 4 aliphatic heterocycles. The number of ether oxygens (including phenoxy) is 2. The number of hydrogen-bond acceptors (Lipinski definition) is 12. The summed E-state index contributed by atoms with van der Waals surface area (Å²) in [6, 6.07) is 3.85. The number of nitrogen functional groups attached to an aromatic ring is 1. The normalized spacial score (nSPS) is 23.2. The smallest absolute Gasteiger partial charge is 0.346 e. The van der Waals surface area contributed by atoms with Crippen molar-refractivity contribution in [3.63, 3.8) is 0 Å². The largest absolute Gasteiger partial charge is 0.461 e. The molecule has 0 bridgehead atoms. The topological polar surface area (TPSA) is 141 Å². The van der Waals surface area contributed by atoms with E-state index in [2.05, 4.69) is 25.0 Å². The number of thiazole rings is 1. The Morgan fingerprint density at radius 3 is 2.84 bits per heavy atom. The summed E-state index contributed by atoms with van der Waals surface area (Å²) in [6.07, 6.45) is 3.72. The van der Waals surface area contributed by atoms with Crippen molar-refractivity contribution in [2.75, 3.05) is 63.1 Å². The molecule has 2 atom stereocenters. The van der Waals surface area contributed by atoms with Gasteiger partial charge in [0.15, 0.2) is 10.9 Å². The molecular formula is C32H30ClF3N10O3S. The number of morpholine rings is 1. The molecule has 2 aromatic carbocycles. The van der Waals surface area contributed by atoms with Gasteiger partial charge in [0.25, 0.3) is 0 Å². The first-order valence-electron chi connectivity index (χ1n) is 16.2. The van der Waals surface area contributed by atoms with Crippen LogP contribution in [0, 0.1) is 11.6 Å². The third-order valence-corrected chi connectivity index (χ3v) is 11.4. The van der Waals surface area contributed by atoms with E-state index in [9.17, 15) is 13.6 Å². The van der Waals surface area contributed by atoms with Gasteiger partial charge in [0.05, 0.1) is 47.0 Å². The first kappa shape index (κ1) is 31.6. The summed E-state index contributed by atoms with van der Waals surface area (Å²) < 4.78 is 60.0. The van der Waals surface area contributed by atoms with Crippen molar-refractivity contribution in [1.29, 1.82) is 0 Å². The number of alkyl halides is 1. The monoisotopic (exact) mass is 726 g/mol. The molecule has 0 radical (unpaired) electrons. The molecule has 4 saturated heterocycles. The van der Waals surface area contributed by atoms with Crippen LogP contribution in [0.5, 0.6) is 6.01 Å². The van der Waals surface area contributed by atoms with E-state index >= 15 is 4.39 Å². The predicted molar refractivity (Wildman–Crippen MR) is 179 cm³/mol. The summed E-state index contributed by atoms with van der Waals surface area (Å²) in [4.78, 5) is 36.0. The molecule has 0 aliphatic carbocycles. The quantitative estimate of drug-likeness (QED) is 0.273. The predicted octanol–water partition coefficient (Wildman–Crippen LogP) is 4.53. The van der Waals surface area contributed by atoms with Gasteiger partial charge in [0, 0.05) is 36.0 Å². The van der Waals surface area contributed by atoms with Gasteiger partial charge in [-0.15, -0.1) is 0 Å². The van der Waals surface area contributed by atoms with Gasteiger partial charge in [-0.25, -0.2) is 27.9 Å². The van der Waals surface area contributed by atoms with E-state index in [4.69, 9.17) is 31.8 Å². The number of carbonyl (C=O) groups is 1. The Labute approximate surface area is 291 Å². The second-order valence-corrected chi connectivity index (χ2v) is 14.8. The molecule has 0 unspecified atom stereocenters. The van der Waals surface area contributed by atoms with Gasteiger partial charge in [-0.2, -0.15) is 19.7 Å². The molecule has 4 aliphatic rings. The van der Waals surface area contributed by atoms with Crippen molar-refractivity contribution in [3.05, 3.63) is 47.5 Å². The molecule has 260 valence electrons. The highest BCUT2D eigenvalue weighted by molar-refractivity contribution is 7.22. The van der Waals surface area contributed by atoms with Crippen molar-refractivity contribution in [3.8, 4) is 17.1 Å². The number of benzene rings is 2. The summed E-state index contributed by atoms with van der Waals surface area (Å²) in [5, 5.41) is 4.44. The fraction of sp³-hybridized carbons (Fsp3) is 0.438. The van der Waals surface area contributed by atoms with Gasteiger partial charge in [0.2, 0.25) is 0 Å². The highest BCUT2D eigenvalue weighted by Crippen LogP contribution is 2.44. The molecule has 13 nitrogen and oxygen atoms in total. The highest BCUT2D eigenvalue weighted by atomic mass is 35.5. The lowest BCUT2D eigenvalue weighted by Crippen LogP contribution is -2.71. The molecular weight excluding hydrogens is 697 g/mol. The lowest BCUT2D eigenvalue weighted by Gasteiger charge is -2.53. The van der Waals surface area contributed by atoms with E-state index in [1.54, 1.807) is 11.0 Å². The lowest BCUT2D eigenvalue weighted by atomic mass is 9.92. The zero-order chi connectivity index (χ0) is 34.4. The van der Waals surface area contributed by atoms with Crippen LogP contribution in [-0.2, 0) is 4.74 Å². The number of likely N-dealkylation sites (tertiary alicyclic amines) is 1. The number of halogens is 4. The van der Waals surface area contributed by atoms with E-state index < -0.39 is 28.9 Å². The van der Waals surface area contributed by atoms with Crippen LogP contribution < -0.4 is 15.4 Å². The summed E-state index contributed by atoms with van der Waals surface area (Å²) in [7, 11) is 0. The second kappa shape index (κ2) is 11.6. The SMILES string of the molecule is Nc1nc2c(-c3c(Cl)cc4c(N5CCOC6(CN(C(=O)n7cncn7)C6)C5)nc(OC[C@@]56CCCN5C[C@H](F)C6)nc4c3F)ccc(F)c2s1. The van der Waals surface area contributed by atoms with Gasteiger partial charge in [-0.3, -0.25) is 4.90 Å². The van der Waals surface area contributed by atoms with Gasteiger partial charge in [0.1, 0.15) is 48.2 Å². The average molecular weight is 727 g/mol. The molecule has 18 heteroatoms. The van der Waals surface area contributed by atoms with Crippen LogP contribution in [-0.4, -0.2) is 115 Å². The molecule has 9 rings (SSSR count). The minimum absolute atomic E-state index is 0.0126. The fourth-order valence-electron chi connectivity index (χ4n) is 8.01. The molecule has 5 aromatic rings. The maximum atomic E-state index is 17.0. The maximum absolute atomic E-state index is 17.0. The number of rotatable bonds is 5. The van der Waals surface area contributed by atoms with Crippen LogP contribution in [0.15, 0.2) is 30.9 Å². The van der Waals surface area contributed by atoms with Crippen molar-refractivity contribution in [2.45, 2.75) is 36.6 Å². The average Bonchev–Trinajstić information content (AvgIpc) is 3.88. The number of hydrogen-bond donors (Lipinski definition) is 1. The minimum atomic E-state index is -0.954. The highest BCUT2D eigenvalue weighted by Gasteiger charge is 2.51. The Morgan fingerprint density at radius 2 is 2.02 bits per heavy atom. The number of fused-ring (bicyclic) bond motifs is 3. The van der Waals surface area contributed by atoms with Crippen molar-refractivity contribution >= 4 is 61.0 Å². The third kappa shape index (κ3) is 5.04. The van der Waals surface area contributed by atoms with Crippen molar-refractivity contribution < 1.29 is 27.4 Å². The Bertz CT molecular complexity index is 2170. The minimum Gasteiger partial charge on any atom is -0.461 e. The summed E-state index contributed by atoms with van der Waals surface area (Å²) >= 11 is 7.80. The second-order valence-electron chi connectivity index (χ2n) is 13.4. The lowest BCUT2D eigenvalue weighted by molar-refractivity contribution is -0.133. The van der Waals surface area contributed by atoms with Gasteiger partial charge < -0.3 is 25.0 Å². The standard InChI is InChI=1S/C32H30ClF3N10O3S/c33-20-8-19-24(23(36)22(20)18-2-3-21(35)26-25(18)40-28(37)50-26)41-29(48-14-31-4-1-5-45(31)10-17(34)9-31)42-27(19)43-6-7-49-32(11-43)12-44(13-32)30(47)46-16-38-15-39-46/h2-3,8,15-17H,1,4-7,9-14H2,(H2,37,40)/t17-,31+/m1/s1. The van der Waals surface area contributed by atoms with Gasteiger partial charge in [-0.1, -0.05) is 22.9 Å². The number of nitrogens with two attached hydrogens (primary N) is 1. The fourth-order valence-corrected chi connectivity index (χ4v) is 9.07. The van der Waals surface area contributed by atoms with Crippen LogP contribution in [0.25, 0.3) is 32.2 Å². The Hall–Kier alpha value is -4.32. The Balaban J connectivity index is 1.11. The van der Waals surface area contributed by atoms with E-state index in [0.29, 0.717) is 57.0 Å². The number of amides is 1. The number of nitrogens with zero attached hydrogens (tertiary/aromatic N) is 9. The molecule has 50 heavy (non-hydrogen) atoms. The number of anilines is 2. The zero-order valence-electron chi connectivity index (χ0n) is 26.5. The van der Waals surface area contributed by atoms with Gasteiger partial charge in [-0.05, 0) is 37.6 Å². The van der Waals surface area contributed by atoms with Crippen LogP contribution in [0.3, 0.4) is 0 Å². The van der Waals surface area contributed by atoms with E-state index in [1.807, 2.05) is 4.90 Å². The molecule has 1 amide bonds. The number of aromatic nitrogens is 6. The molecule has 0 saturated carbocycles. The molecule has 7 heterocycles. The number of carbonyl (C=O) groups excluding carboxylic acids is 1. The summed E-state index contributed by atoms with van der Waals surface area (Å²) in [6.45, 7) is 2.93. The first-order chi connectivity index (χ1) is 24.1. The van der Waals surface area contributed by atoms with Crippen LogP contribution in [0.2, 0.25) is 5.02 Å². The van der Waals surface area contributed by atoms with Crippen molar-refractivity contribution in [2.24, 2.45) is 0 Å². The Kier molecular flexibility index (Phi) is 7.35. The van der Waals surface area contributed by atoms with Crippen LogP contribution in [0.1, 0.15) is 19.3 Å². The van der Waals surface area contributed by atoms with E-state index in [1.165, 1.54) is 24.8 Å². The van der Waals surface area contributed by atoms with Gasteiger partial charge >= 0.3 is 12.0 Å². The zero-order valence-corrected chi connectivity index (χ0v) is 28.1. The first-order valence-corrected chi connectivity index (χ1v) is 17.4. The molecule has 2 N–H and O–H groups in total. The molecule has 3 aromatic heterocycles. The molecule has 4 fully saturated rings. The Morgan fingerprint density at radius 1 is 1.16 bits per heavy atom. The summed E-state index contributed by atoms with van der Waals surface area (Å²) in [5.41, 5.74) is 5.11.